The van der Waals surface area contributed by atoms with Gasteiger partial charge in [-0.1, -0.05) is 0 Å². The Hall–Kier alpha value is -2.78. The number of aromatic nitrogens is 5. The first-order valence-electron chi connectivity index (χ1n) is 8.10. The molecule has 0 radical (unpaired) electrons. The molecule has 9 heteroatoms. The first-order chi connectivity index (χ1) is 12.2. The fourth-order valence-corrected chi connectivity index (χ4v) is 3.05. The van der Waals surface area contributed by atoms with Gasteiger partial charge in [-0.3, -0.25) is 13.9 Å². The summed E-state index contributed by atoms with van der Waals surface area (Å²) in [5.41, 5.74) is 2.46. The van der Waals surface area contributed by atoms with Gasteiger partial charge in [-0.25, -0.2) is 0 Å². The zero-order chi connectivity index (χ0) is 17.4. The van der Waals surface area contributed by atoms with Crippen LogP contribution in [0.2, 0.25) is 0 Å². The molecule has 1 amide bonds. The fraction of sp³-hybridized carbons (Fsp3) is 0.375. The molecule has 0 saturated heterocycles. The molecule has 0 bridgehead atoms. The van der Waals surface area contributed by atoms with Gasteiger partial charge in [-0.05, 0) is 24.6 Å². The van der Waals surface area contributed by atoms with Crippen LogP contribution < -0.4 is 0 Å². The van der Waals surface area contributed by atoms with Crippen molar-refractivity contribution in [2.45, 2.75) is 25.6 Å². The maximum atomic E-state index is 12.9. The summed E-state index contributed by atoms with van der Waals surface area (Å²) < 4.78 is 3.54. The van der Waals surface area contributed by atoms with Gasteiger partial charge in [0.25, 0.3) is 5.91 Å². The number of amides is 1. The van der Waals surface area contributed by atoms with Gasteiger partial charge in [0.15, 0.2) is 5.65 Å². The van der Waals surface area contributed by atoms with Gasteiger partial charge in [-0.15, -0.1) is 10.2 Å². The quantitative estimate of drug-likeness (QED) is 0.693. The number of rotatable bonds is 3. The van der Waals surface area contributed by atoms with Gasteiger partial charge in [0.1, 0.15) is 12.4 Å². The van der Waals surface area contributed by atoms with Crippen LogP contribution in [0.15, 0.2) is 30.7 Å². The minimum absolute atomic E-state index is 0.0793. The van der Waals surface area contributed by atoms with Crippen molar-refractivity contribution in [3.8, 4) is 0 Å². The summed E-state index contributed by atoms with van der Waals surface area (Å²) in [5.74, 6) is -0.0793. The van der Waals surface area contributed by atoms with Crippen molar-refractivity contribution in [1.82, 2.24) is 29.3 Å². The van der Waals surface area contributed by atoms with E-state index in [9.17, 15) is 9.90 Å². The molecule has 9 nitrogen and oxygen atoms in total. The fourth-order valence-electron chi connectivity index (χ4n) is 3.05. The number of hydrogen-bond donors (Lipinski definition) is 2. The Bertz CT molecular complexity index is 918. The lowest BCUT2D eigenvalue weighted by Crippen LogP contribution is -2.30. The van der Waals surface area contributed by atoms with E-state index in [1.807, 2.05) is 0 Å². The average Bonchev–Trinajstić information content (AvgIpc) is 3.21. The zero-order valence-corrected chi connectivity index (χ0v) is 13.5. The van der Waals surface area contributed by atoms with E-state index in [4.69, 9.17) is 5.11 Å². The minimum Gasteiger partial charge on any atom is -0.393 e. The summed E-state index contributed by atoms with van der Waals surface area (Å²) in [7, 11) is 0. The van der Waals surface area contributed by atoms with Crippen molar-refractivity contribution in [3.63, 3.8) is 0 Å². The Morgan fingerprint density at radius 2 is 2.20 bits per heavy atom. The topological polar surface area (TPSA) is 109 Å². The van der Waals surface area contributed by atoms with Crippen LogP contribution in [-0.2, 0) is 13.1 Å². The van der Waals surface area contributed by atoms with Crippen molar-refractivity contribution < 1.29 is 15.0 Å². The lowest BCUT2D eigenvalue weighted by atomic mass is 10.2. The molecule has 3 aromatic heterocycles. The van der Waals surface area contributed by atoms with E-state index in [-0.39, 0.29) is 12.5 Å². The van der Waals surface area contributed by atoms with Crippen LogP contribution in [0.5, 0.6) is 0 Å². The van der Waals surface area contributed by atoms with E-state index in [2.05, 4.69) is 15.3 Å². The SMILES string of the molecule is O=C(c1ccn2cnnc2c1)N1CCCn2nc([C@H](O)CO)cc2C1. The Labute approximate surface area is 143 Å². The van der Waals surface area contributed by atoms with Gasteiger partial charge >= 0.3 is 0 Å². The van der Waals surface area contributed by atoms with Crippen LogP contribution in [0.3, 0.4) is 0 Å². The van der Waals surface area contributed by atoms with E-state index in [0.717, 1.165) is 12.1 Å². The van der Waals surface area contributed by atoms with Crippen molar-refractivity contribution in [1.29, 1.82) is 0 Å². The predicted octanol–water partition coefficient (Wildman–Crippen LogP) is -0.00240. The molecule has 3 aromatic rings. The lowest BCUT2D eigenvalue weighted by molar-refractivity contribution is 0.0745. The number of hydrogen-bond acceptors (Lipinski definition) is 6. The third-order valence-electron chi connectivity index (χ3n) is 4.38. The highest BCUT2D eigenvalue weighted by Gasteiger charge is 2.23. The van der Waals surface area contributed by atoms with Crippen LogP contribution in [0.1, 0.15) is 34.3 Å². The van der Waals surface area contributed by atoms with Crippen molar-refractivity contribution >= 4 is 11.6 Å². The number of carbonyl (C=O) groups excluding carboxylic acids is 1. The summed E-state index contributed by atoms with van der Waals surface area (Å²) in [6.45, 7) is 1.32. The second-order valence-electron chi connectivity index (χ2n) is 6.07. The highest BCUT2D eigenvalue weighted by Crippen LogP contribution is 2.19. The number of nitrogens with zero attached hydrogens (tertiary/aromatic N) is 6. The molecule has 0 spiro atoms. The molecular formula is C16H18N6O3. The monoisotopic (exact) mass is 342 g/mol. The van der Waals surface area contributed by atoms with Crippen LogP contribution >= 0.6 is 0 Å². The van der Waals surface area contributed by atoms with Gasteiger partial charge < -0.3 is 15.1 Å². The molecule has 0 aromatic carbocycles. The van der Waals surface area contributed by atoms with E-state index in [1.165, 1.54) is 0 Å². The Morgan fingerprint density at radius 1 is 1.32 bits per heavy atom. The van der Waals surface area contributed by atoms with Crippen LogP contribution in [0.25, 0.3) is 5.65 Å². The number of aliphatic hydroxyl groups excluding tert-OH is 2. The first kappa shape index (κ1) is 15.7. The summed E-state index contributed by atoms with van der Waals surface area (Å²) in [6, 6.07) is 5.22. The molecule has 130 valence electrons. The second-order valence-corrected chi connectivity index (χ2v) is 6.07. The minimum atomic E-state index is -1.00. The van der Waals surface area contributed by atoms with Gasteiger partial charge in [0.2, 0.25) is 0 Å². The van der Waals surface area contributed by atoms with E-state index in [0.29, 0.717) is 36.5 Å². The van der Waals surface area contributed by atoms with Crippen LogP contribution in [0, 0.1) is 0 Å². The summed E-state index contributed by atoms with van der Waals surface area (Å²) in [6.07, 6.45) is 3.11. The van der Waals surface area contributed by atoms with E-state index in [1.54, 1.807) is 44.7 Å². The largest absolute Gasteiger partial charge is 0.393 e. The maximum Gasteiger partial charge on any atom is 0.254 e. The van der Waals surface area contributed by atoms with Gasteiger partial charge in [-0.2, -0.15) is 5.10 Å². The van der Waals surface area contributed by atoms with Crippen molar-refractivity contribution in [2.24, 2.45) is 0 Å². The molecule has 0 aliphatic carbocycles. The Balaban J connectivity index is 1.59. The zero-order valence-electron chi connectivity index (χ0n) is 13.5. The third-order valence-corrected chi connectivity index (χ3v) is 4.38. The van der Waals surface area contributed by atoms with Crippen molar-refractivity contribution in [3.05, 3.63) is 47.7 Å². The Morgan fingerprint density at radius 3 is 3.04 bits per heavy atom. The molecule has 1 atom stereocenters. The molecule has 0 fully saturated rings. The smallest absolute Gasteiger partial charge is 0.254 e. The highest BCUT2D eigenvalue weighted by molar-refractivity contribution is 5.95. The summed E-state index contributed by atoms with van der Waals surface area (Å²) in [4.78, 5) is 14.6. The van der Waals surface area contributed by atoms with Crippen LogP contribution in [0.4, 0.5) is 0 Å². The number of aryl methyl sites for hydroxylation is 1. The number of carbonyl (C=O) groups is 1. The number of aliphatic hydroxyl groups is 2. The molecule has 1 aliphatic rings. The molecule has 25 heavy (non-hydrogen) atoms. The number of fused-ring (bicyclic) bond motifs is 2. The molecule has 4 rings (SSSR count). The molecule has 2 N–H and O–H groups in total. The summed E-state index contributed by atoms with van der Waals surface area (Å²) in [5, 5.41) is 31.0. The first-order valence-corrected chi connectivity index (χ1v) is 8.10. The molecule has 4 heterocycles. The summed E-state index contributed by atoms with van der Waals surface area (Å²) >= 11 is 0. The average molecular weight is 342 g/mol. The van der Waals surface area contributed by atoms with E-state index < -0.39 is 6.10 Å². The lowest BCUT2D eigenvalue weighted by Gasteiger charge is -2.20. The predicted molar refractivity (Wildman–Crippen MR) is 86.6 cm³/mol. The molecular weight excluding hydrogens is 324 g/mol. The molecule has 0 unspecified atom stereocenters. The second kappa shape index (κ2) is 6.26. The standard InChI is InChI=1S/C16H18N6O3/c23-9-14(24)13-7-12-8-20(3-1-4-22(12)19-13)16(25)11-2-5-21-10-17-18-15(21)6-11/h2,5-7,10,14,23-24H,1,3-4,8-9H2/t14-/m1/s1. The van der Waals surface area contributed by atoms with Gasteiger partial charge in [0.05, 0.1) is 24.5 Å². The maximum absolute atomic E-state index is 12.9. The molecule has 0 saturated carbocycles. The molecule has 1 aliphatic heterocycles. The van der Waals surface area contributed by atoms with Gasteiger partial charge in [0, 0.05) is 24.8 Å². The number of pyridine rings is 1. The normalized spacial score (nSPS) is 15.8. The highest BCUT2D eigenvalue weighted by atomic mass is 16.3. The van der Waals surface area contributed by atoms with Crippen molar-refractivity contribution in [2.75, 3.05) is 13.2 Å². The van der Waals surface area contributed by atoms with Crippen LogP contribution in [-0.4, -0.2) is 58.6 Å². The Kier molecular flexibility index (Phi) is 3.94. The third kappa shape index (κ3) is 2.87. The van der Waals surface area contributed by atoms with E-state index >= 15 is 0 Å².